The molecule has 1 atom stereocenters. The highest BCUT2D eigenvalue weighted by atomic mass is 31.1. The molecule has 0 aliphatic heterocycles. The second-order valence-electron chi connectivity index (χ2n) is 7.15. The first-order chi connectivity index (χ1) is 12.0. The van der Waals surface area contributed by atoms with Crippen LogP contribution in [0.15, 0.2) is 30.3 Å². The van der Waals surface area contributed by atoms with E-state index >= 15 is 0 Å². The highest BCUT2D eigenvalue weighted by molar-refractivity contribution is 7.56. The number of hydrogen-bond acceptors (Lipinski definition) is 3. The van der Waals surface area contributed by atoms with E-state index in [2.05, 4.69) is 19.1 Å². The maximum Gasteiger partial charge on any atom is 0.279 e. The monoisotopic (exact) mass is 368 g/mol. The van der Waals surface area contributed by atoms with Gasteiger partial charge in [-0.05, 0) is 24.3 Å². The Labute approximate surface area is 155 Å². The summed E-state index contributed by atoms with van der Waals surface area (Å²) in [6.45, 7) is 2.25. The smallest absolute Gasteiger partial charge is 0.279 e. The molecular weight excluding hydrogens is 331 g/mol. The molecule has 4 heteroatoms. The number of hydrogen-bond donors (Lipinski definition) is 3. The highest BCUT2D eigenvalue weighted by Crippen LogP contribution is 2.42. The molecule has 0 radical (unpaired) electrons. The molecule has 1 aromatic rings. The molecule has 0 saturated heterocycles. The molecule has 1 unspecified atom stereocenters. The minimum absolute atomic E-state index is 0.0780. The topological polar surface area (TPSA) is 60.7 Å². The molecule has 3 N–H and O–H groups in total. The van der Waals surface area contributed by atoms with E-state index in [4.69, 9.17) is 0 Å². The van der Waals surface area contributed by atoms with Crippen LogP contribution >= 0.6 is 7.92 Å². The van der Waals surface area contributed by atoms with Gasteiger partial charge in [-0.2, -0.15) is 0 Å². The molecule has 0 bridgehead atoms. The highest BCUT2D eigenvalue weighted by Gasteiger charge is 2.24. The van der Waals surface area contributed by atoms with Crippen molar-refractivity contribution in [2.45, 2.75) is 83.3 Å². The SMILES string of the molecule is CCCCCCCCCCCCP(Cc1ccccc1)CC(O)(O)O. The normalized spacial score (nSPS) is 13.1. The van der Waals surface area contributed by atoms with Gasteiger partial charge in [-0.1, -0.05) is 103 Å². The number of unbranched alkanes of at least 4 members (excludes halogenated alkanes) is 9. The van der Waals surface area contributed by atoms with E-state index < -0.39 is 13.9 Å². The van der Waals surface area contributed by atoms with Crippen LogP contribution in [-0.2, 0) is 6.16 Å². The summed E-state index contributed by atoms with van der Waals surface area (Å²) in [4.78, 5) is 0. The van der Waals surface area contributed by atoms with Gasteiger partial charge in [-0.15, -0.1) is 0 Å². The van der Waals surface area contributed by atoms with Crippen molar-refractivity contribution >= 4 is 7.92 Å². The zero-order valence-corrected chi connectivity index (χ0v) is 16.8. The summed E-state index contributed by atoms with van der Waals surface area (Å²) in [6, 6.07) is 10.1. The average molecular weight is 368 g/mol. The van der Waals surface area contributed by atoms with Crippen molar-refractivity contribution in [3.05, 3.63) is 35.9 Å². The lowest BCUT2D eigenvalue weighted by molar-refractivity contribution is -0.293. The van der Waals surface area contributed by atoms with E-state index in [9.17, 15) is 15.3 Å². The summed E-state index contributed by atoms with van der Waals surface area (Å²) in [7, 11) is -0.610. The van der Waals surface area contributed by atoms with E-state index in [0.717, 1.165) is 18.7 Å². The molecule has 25 heavy (non-hydrogen) atoms. The number of rotatable bonds is 15. The van der Waals surface area contributed by atoms with Crippen LogP contribution in [0.5, 0.6) is 0 Å². The van der Waals surface area contributed by atoms with Crippen LogP contribution in [0.2, 0.25) is 0 Å². The lowest BCUT2D eigenvalue weighted by Gasteiger charge is -2.23. The molecule has 0 spiro atoms. The largest absolute Gasteiger partial charge is 0.343 e. The van der Waals surface area contributed by atoms with Crippen LogP contribution in [0.4, 0.5) is 0 Å². The summed E-state index contributed by atoms with van der Waals surface area (Å²) in [6.07, 6.45) is 15.0. The van der Waals surface area contributed by atoms with Crippen molar-refractivity contribution in [3.8, 4) is 0 Å². The Bertz CT molecular complexity index is 417. The fourth-order valence-electron chi connectivity index (χ4n) is 3.18. The van der Waals surface area contributed by atoms with Gasteiger partial charge in [0.25, 0.3) is 5.97 Å². The van der Waals surface area contributed by atoms with Gasteiger partial charge in [0, 0.05) is 6.16 Å². The van der Waals surface area contributed by atoms with E-state index in [1.54, 1.807) is 0 Å². The van der Waals surface area contributed by atoms with E-state index in [0.29, 0.717) is 0 Å². The summed E-state index contributed by atoms with van der Waals surface area (Å²) in [5, 5.41) is 28.1. The molecular formula is C21H37O3P. The maximum atomic E-state index is 9.35. The third kappa shape index (κ3) is 13.4. The Morgan fingerprint density at radius 3 is 1.80 bits per heavy atom. The molecule has 0 saturated carbocycles. The Morgan fingerprint density at radius 1 is 0.760 bits per heavy atom. The van der Waals surface area contributed by atoms with Crippen LogP contribution in [-0.4, -0.2) is 33.6 Å². The molecule has 0 aliphatic carbocycles. The minimum Gasteiger partial charge on any atom is -0.343 e. The van der Waals surface area contributed by atoms with Gasteiger partial charge in [0.15, 0.2) is 0 Å². The molecule has 0 aromatic heterocycles. The number of benzene rings is 1. The molecule has 0 heterocycles. The maximum absolute atomic E-state index is 9.35. The molecule has 0 aliphatic rings. The fraction of sp³-hybridized carbons (Fsp3) is 0.714. The van der Waals surface area contributed by atoms with Gasteiger partial charge in [0.1, 0.15) is 0 Å². The summed E-state index contributed by atoms with van der Waals surface area (Å²) in [5.74, 6) is -2.53. The third-order valence-electron chi connectivity index (χ3n) is 4.51. The Morgan fingerprint density at radius 2 is 1.28 bits per heavy atom. The quantitative estimate of drug-likeness (QED) is 0.226. The Hall–Kier alpha value is -0.470. The second-order valence-corrected chi connectivity index (χ2v) is 9.57. The molecule has 3 nitrogen and oxygen atoms in total. The Balaban J connectivity index is 2.18. The van der Waals surface area contributed by atoms with Crippen LogP contribution < -0.4 is 0 Å². The molecule has 1 rings (SSSR count). The number of aliphatic hydroxyl groups is 3. The first-order valence-electron chi connectivity index (χ1n) is 9.94. The van der Waals surface area contributed by atoms with Gasteiger partial charge >= 0.3 is 0 Å². The summed E-state index contributed by atoms with van der Waals surface area (Å²) < 4.78 is 0. The zero-order chi connectivity index (χ0) is 18.4. The molecule has 0 fully saturated rings. The van der Waals surface area contributed by atoms with Crippen molar-refractivity contribution in [1.29, 1.82) is 0 Å². The molecule has 144 valence electrons. The first-order valence-corrected chi connectivity index (χ1v) is 11.8. The van der Waals surface area contributed by atoms with Crippen LogP contribution in [0.3, 0.4) is 0 Å². The van der Waals surface area contributed by atoms with Crippen molar-refractivity contribution in [2.24, 2.45) is 0 Å². The van der Waals surface area contributed by atoms with Crippen molar-refractivity contribution < 1.29 is 15.3 Å². The van der Waals surface area contributed by atoms with Crippen molar-refractivity contribution in [2.75, 3.05) is 12.3 Å². The molecule has 0 amide bonds. The van der Waals surface area contributed by atoms with Gasteiger partial charge in [-0.25, -0.2) is 0 Å². The van der Waals surface area contributed by atoms with Gasteiger partial charge < -0.3 is 15.3 Å². The van der Waals surface area contributed by atoms with E-state index in [-0.39, 0.29) is 6.16 Å². The second kappa shape index (κ2) is 13.7. The van der Waals surface area contributed by atoms with Crippen LogP contribution in [0.25, 0.3) is 0 Å². The van der Waals surface area contributed by atoms with Crippen LogP contribution in [0, 0.1) is 0 Å². The van der Waals surface area contributed by atoms with E-state index in [1.165, 1.54) is 63.4 Å². The summed E-state index contributed by atoms with van der Waals surface area (Å²) in [5.41, 5.74) is 1.21. The average Bonchev–Trinajstić information content (AvgIpc) is 2.56. The Kier molecular flexibility index (Phi) is 12.4. The predicted octanol–water partition coefficient (Wildman–Crippen LogP) is 5.22. The minimum atomic E-state index is -2.53. The van der Waals surface area contributed by atoms with Gasteiger partial charge in [0.05, 0.1) is 0 Å². The van der Waals surface area contributed by atoms with E-state index in [1.807, 2.05) is 18.2 Å². The first kappa shape index (κ1) is 22.6. The lowest BCUT2D eigenvalue weighted by atomic mass is 10.1. The third-order valence-corrected chi connectivity index (χ3v) is 7.15. The lowest BCUT2D eigenvalue weighted by Crippen LogP contribution is -2.31. The van der Waals surface area contributed by atoms with Gasteiger partial charge in [-0.3, -0.25) is 0 Å². The van der Waals surface area contributed by atoms with Crippen molar-refractivity contribution in [3.63, 3.8) is 0 Å². The fourth-order valence-corrected chi connectivity index (χ4v) is 5.60. The standard InChI is InChI=1S/C21H37O3P/c1-2-3-4-5-6-7-8-9-10-14-17-25(19-21(22,23)24)18-20-15-12-11-13-16-20/h11-13,15-16,22-24H,2-10,14,17-19H2,1H3. The zero-order valence-electron chi connectivity index (χ0n) is 15.9. The van der Waals surface area contributed by atoms with Gasteiger partial charge in [0.2, 0.25) is 0 Å². The summed E-state index contributed by atoms with van der Waals surface area (Å²) >= 11 is 0. The van der Waals surface area contributed by atoms with Crippen molar-refractivity contribution in [1.82, 2.24) is 0 Å². The van der Waals surface area contributed by atoms with Crippen LogP contribution in [0.1, 0.15) is 76.7 Å². The molecule has 1 aromatic carbocycles. The predicted molar refractivity (Wildman–Crippen MR) is 108 cm³/mol.